The number of nitrogens with zero attached hydrogens (tertiary/aromatic N) is 3. The SMILES string of the molecule is Cc1cnc(Nc2ccc3c(c2)OB(O)C=C3)nc1NC1COCCC1C#N. The molecule has 0 saturated carbocycles. The van der Waals surface area contributed by atoms with Crippen LogP contribution in [0.25, 0.3) is 6.08 Å². The van der Waals surface area contributed by atoms with Crippen molar-refractivity contribution in [3.05, 3.63) is 41.5 Å². The van der Waals surface area contributed by atoms with Crippen molar-refractivity contribution < 1.29 is 14.4 Å². The van der Waals surface area contributed by atoms with Gasteiger partial charge in [0.1, 0.15) is 11.6 Å². The standard InChI is InChI=1S/C19H20BN5O3/c1-12-10-22-19(25-18(12)24-16-11-27-7-5-14(16)9-21)23-15-3-2-13-4-6-20(26)28-17(13)8-15/h2-4,6,8,10,14,16,26H,5,7,11H2,1H3,(H2,22,23,24,25). The van der Waals surface area contributed by atoms with E-state index >= 15 is 0 Å². The van der Waals surface area contributed by atoms with Gasteiger partial charge in [0, 0.05) is 35.7 Å². The molecule has 1 saturated heterocycles. The summed E-state index contributed by atoms with van der Waals surface area (Å²) >= 11 is 0. The first-order valence-corrected chi connectivity index (χ1v) is 9.14. The molecule has 0 amide bonds. The minimum atomic E-state index is -0.944. The monoisotopic (exact) mass is 377 g/mol. The molecule has 8 nitrogen and oxygen atoms in total. The number of nitrogens with one attached hydrogen (secondary N) is 2. The maximum Gasteiger partial charge on any atom is 0.552 e. The fourth-order valence-electron chi connectivity index (χ4n) is 3.20. The molecule has 4 rings (SSSR count). The summed E-state index contributed by atoms with van der Waals surface area (Å²) in [6.45, 7) is 3.00. The third-order valence-corrected chi connectivity index (χ3v) is 4.77. The van der Waals surface area contributed by atoms with Crippen LogP contribution in [-0.4, -0.2) is 41.4 Å². The molecule has 0 radical (unpaired) electrons. The van der Waals surface area contributed by atoms with Gasteiger partial charge in [-0.25, -0.2) is 4.98 Å². The minimum Gasteiger partial charge on any atom is -0.532 e. The van der Waals surface area contributed by atoms with E-state index in [9.17, 15) is 10.3 Å². The van der Waals surface area contributed by atoms with Crippen LogP contribution in [0.3, 0.4) is 0 Å². The fourth-order valence-corrected chi connectivity index (χ4v) is 3.20. The lowest BCUT2D eigenvalue weighted by atomic mass is 9.86. The van der Waals surface area contributed by atoms with Crippen molar-refractivity contribution in [1.29, 1.82) is 5.26 Å². The van der Waals surface area contributed by atoms with Crippen LogP contribution in [0.5, 0.6) is 5.75 Å². The summed E-state index contributed by atoms with van der Waals surface area (Å²) in [7, 11) is -0.944. The highest BCUT2D eigenvalue weighted by Gasteiger charge is 2.26. The number of benzene rings is 1. The first kappa shape index (κ1) is 18.3. The smallest absolute Gasteiger partial charge is 0.532 e. The summed E-state index contributed by atoms with van der Waals surface area (Å²) in [5.41, 5.74) is 2.52. The number of rotatable bonds is 4. The first-order chi connectivity index (χ1) is 13.6. The normalized spacial score (nSPS) is 20.7. The Morgan fingerprint density at radius 3 is 3.14 bits per heavy atom. The Bertz CT molecular complexity index is 946. The van der Waals surface area contributed by atoms with E-state index in [0.29, 0.717) is 37.2 Å². The van der Waals surface area contributed by atoms with Crippen molar-refractivity contribution in [3.63, 3.8) is 0 Å². The quantitative estimate of drug-likeness (QED) is 0.696. The number of aromatic nitrogens is 2. The van der Waals surface area contributed by atoms with Crippen LogP contribution in [0.15, 0.2) is 30.4 Å². The van der Waals surface area contributed by atoms with Crippen LogP contribution in [0.1, 0.15) is 17.5 Å². The van der Waals surface area contributed by atoms with Gasteiger partial charge in [-0.05, 0) is 31.5 Å². The minimum absolute atomic E-state index is 0.106. The van der Waals surface area contributed by atoms with Crippen molar-refractivity contribution in [2.75, 3.05) is 23.8 Å². The lowest BCUT2D eigenvalue weighted by Crippen LogP contribution is -2.38. The Kier molecular flexibility index (Phi) is 5.15. The zero-order valence-electron chi connectivity index (χ0n) is 15.4. The number of anilines is 3. The molecule has 9 heteroatoms. The Morgan fingerprint density at radius 1 is 1.39 bits per heavy atom. The Morgan fingerprint density at radius 2 is 2.29 bits per heavy atom. The average Bonchev–Trinajstić information content (AvgIpc) is 2.70. The summed E-state index contributed by atoms with van der Waals surface area (Å²) in [4.78, 5) is 8.89. The molecule has 1 aromatic heterocycles. The second-order valence-electron chi connectivity index (χ2n) is 6.82. The molecule has 3 heterocycles. The van der Waals surface area contributed by atoms with Crippen molar-refractivity contribution >= 4 is 30.6 Å². The molecule has 28 heavy (non-hydrogen) atoms. The lowest BCUT2D eigenvalue weighted by molar-refractivity contribution is 0.0698. The highest BCUT2D eigenvalue weighted by Crippen LogP contribution is 2.29. The number of hydrogen-bond donors (Lipinski definition) is 3. The van der Waals surface area contributed by atoms with Crippen molar-refractivity contribution in [3.8, 4) is 11.8 Å². The van der Waals surface area contributed by atoms with Crippen LogP contribution in [0.4, 0.5) is 17.5 Å². The molecule has 1 fully saturated rings. The molecule has 142 valence electrons. The van der Waals surface area contributed by atoms with Crippen LogP contribution >= 0.6 is 0 Å². The Hall–Kier alpha value is -3.09. The predicted molar refractivity (Wildman–Crippen MR) is 106 cm³/mol. The second kappa shape index (κ2) is 7.88. The van der Waals surface area contributed by atoms with Crippen molar-refractivity contribution in [1.82, 2.24) is 9.97 Å². The number of nitriles is 1. The fraction of sp³-hybridized carbons (Fsp3) is 0.316. The topological polar surface area (TPSA) is 112 Å². The van der Waals surface area contributed by atoms with Gasteiger partial charge >= 0.3 is 7.12 Å². The first-order valence-electron chi connectivity index (χ1n) is 9.14. The summed E-state index contributed by atoms with van der Waals surface area (Å²) < 4.78 is 10.9. The molecule has 1 aromatic carbocycles. The number of hydrogen-bond acceptors (Lipinski definition) is 8. The average molecular weight is 377 g/mol. The molecular formula is C19H20BN5O3. The van der Waals surface area contributed by atoms with E-state index in [1.54, 1.807) is 18.2 Å². The molecule has 0 bridgehead atoms. The van der Waals surface area contributed by atoms with Gasteiger partial charge in [-0.15, -0.1) is 0 Å². The molecule has 2 aliphatic rings. The molecule has 2 aromatic rings. The van der Waals surface area contributed by atoms with E-state index in [1.165, 1.54) is 0 Å². The van der Waals surface area contributed by atoms with Gasteiger partial charge in [0.15, 0.2) is 0 Å². The third kappa shape index (κ3) is 3.93. The highest BCUT2D eigenvalue weighted by molar-refractivity contribution is 6.51. The summed E-state index contributed by atoms with van der Waals surface area (Å²) in [6.07, 6.45) is 4.25. The van der Waals surface area contributed by atoms with E-state index in [2.05, 4.69) is 26.7 Å². The molecule has 0 aliphatic carbocycles. The largest absolute Gasteiger partial charge is 0.552 e. The van der Waals surface area contributed by atoms with Gasteiger partial charge in [0.25, 0.3) is 0 Å². The highest BCUT2D eigenvalue weighted by atomic mass is 16.5. The van der Waals surface area contributed by atoms with Gasteiger partial charge in [-0.1, -0.05) is 6.08 Å². The van der Waals surface area contributed by atoms with Crippen LogP contribution < -0.4 is 15.3 Å². The van der Waals surface area contributed by atoms with Crippen LogP contribution in [0, 0.1) is 24.2 Å². The molecule has 2 aliphatic heterocycles. The number of aryl methyl sites for hydroxylation is 1. The van der Waals surface area contributed by atoms with Crippen LogP contribution in [0.2, 0.25) is 0 Å². The maximum absolute atomic E-state index is 9.61. The number of ether oxygens (including phenoxy) is 1. The van der Waals surface area contributed by atoms with E-state index < -0.39 is 7.12 Å². The van der Waals surface area contributed by atoms with Gasteiger partial charge in [-0.2, -0.15) is 10.2 Å². The zero-order valence-corrected chi connectivity index (χ0v) is 15.4. The Balaban J connectivity index is 1.52. The Labute approximate surface area is 163 Å². The predicted octanol–water partition coefficient (Wildman–Crippen LogP) is 2.29. The third-order valence-electron chi connectivity index (χ3n) is 4.77. The van der Waals surface area contributed by atoms with E-state index in [1.807, 2.05) is 25.1 Å². The van der Waals surface area contributed by atoms with Gasteiger partial charge in [-0.3, -0.25) is 0 Å². The van der Waals surface area contributed by atoms with Gasteiger partial charge in [0.05, 0.1) is 24.6 Å². The lowest BCUT2D eigenvalue weighted by Gasteiger charge is -2.28. The van der Waals surface area contributed by atoms with E-state index in [0.717, 1.165) is 16.8 Å². The molecule has 0 spiro atoms. The van der Waals surface area contributed by atoms with Crippen molar-refractivity contribution in [2.45, 2.75) is 19.4 Å². The summed E-state index contributed by atoms with van der Waals surface area (Å²) in [5.74, 6) is 3.14. The second-order valence-corrected chi connectivity index (χ2v) is 6.82. The van der Waals surface area contributed by atoms with E-state index in [-0.39, 0.29) is 12.0 Å². The molecule has 3 N–H and O–H groups in total. The summed E-state index contributed by atoms with van der Waals surface area (Å²) in [5, 5.41) is 25.4. The summed E-state index contributed by atoms with van der Waals surface area (Å²) in [6, 6.07) is 7.81. The molecule has 2 unspecified atom stereocenters. The molecule has 2 atom stereocenters. The van der Waals surface area contributed by atoms with Crippen molar-refractivity contribution in [2.24, 2.45) is 5.92 Å². The number of fused-ring (bicyclic) bond motifs is 1. The molecular weight excluding hydrogens is 357 g/mol. The maximum atomic E-state index is 9.61. The van der Waals surface area contributed by atoms with Crippen LogP contribution in [-0.2, 0) is 4.74 Å². The van der Waals surface area contributed by atoms with E-state index in [4.69, 9.17) is 9.39 Å². The van der Waals surface area contributed by atoms with Gasteiger partial charge < -0.3 is 25.0 Å². The van der Waals surface area contributed by atoms with Gasteiger partial charge in [0.2, 0.25) is 5.95 Å². The zero-order chi connectivity index (χ0) is 19.5.